The molecule has 6 nitrogen and oxygen atoms in total. The molecule has 2 aromatic rings. The summed E-state index contributed by atoms with van der Waals surface area (Å²) in [5.41, 5.74) is 0.888. The summed E-state index contributed by atoms with van der Waals surface area (Å²) in [7, 11) is -0.146. The molecular formula is C18H28B2N2O4S. The minimum Gasteiger partial charge on any atom is -0.427 e. The molecular weight excluding hydrogens is 362 g/mol. The molecule has 3 rings (SSSR count). The Morgan fingerprint density at radius 3 is 2.15 bits per heavy atom. The predicted molar refractivity (Wildman–Crippen MR) is 111 cm³/mol. The summed E-state index contributed by atoms with van der Waals surface area (Å²) in [6.45, 7) is 15.4. The highest BCUT2D eigenvalue weighted by Gasteiger charge is 2.52. The Labute approximate surface area is 166 Å². The van der Waals surface area contributed by atoms with Crippen molar-refractivity contribution in [3.8, 4) is 0 Å². The fraction of sp³-hybridized carbons (Fsp3) is 0.667. The number of fused-ring (bicyclic) bond motifs is 1. The molecule has 1 saturated heterocycles. The van der Waals surface area contributed by atoms with E-state index in [0.717, 1.165) is 33.7 Å². The zero-order valence-electron chi connectivity index (χ0n) is 17.4. The van der Waals surface area contributed by atoms with Gasteiger partial charge in [0.05, 0.1) is 34.1 Å². The van der Waals surface area contributed by atoms with E-state index in [2.05, 4.69) is 8.75 Å². The van der Waals surface area contributed by atoms with Gasteiger partial charge in [-0.25, -0.2) is 0 Å². The first-order chi connectivity index (χ1) is 12.3. The minimum absolute atomic E-state index is 0.336. The van der Waals surface area contributed by atoms with Crippen LogP contribution in [0.3, 0.4) is 0 Å². The number of hydrogen-bond donors (Lipinski definition) is 1. The van der Waals surface area contributed by atoms with E-state index >= 15 is 0 Å². The van der Waals surface area contributed by atoms with Gasteiger partial charge in [0.15, 0.2) is 0 Å². The normalized spacial score (nSPS) is 19.7. The standard InChI is InChI=1S/C18H28B2N2O4S/c1-15(2,23)16(3,4)24-19-11-9-10-12(14-13(11)21-27-22-14)20-25-17(5,6)18(7,8)26-20/h9-10,19,23H,1-8H3. The summed E-state index contributed by atoms with van der Waals surface area (Å²) in [6, 6.07) is 3.95. The van der Waals surface area contributed by atoms with Gasteiger partial charge >= 0.3 is 14.6 Å². The van der Waals surface area contributed by atoms with Gasteiger partial charge in [0.2, 0.25) is 0 Å². The molecule has 1 fully saturated rings. The summed E-state index contributed by atoms with van der Waals surface area (Å²) >= 11 is 1.16. The van der Waals surface area contributed by atoms with Crippen LogP contribution < -0.4 is 10.9 Å². The molecule has 9 heteroatoms. The maximum atomic E-state index is 10.3. The van der Waals surface area contributed by atoms with Crippen molar-refractivity contribution >= 4 is 48.3 Å². The Balaban J connectivity index is 1.89. The molecule has 146 valence electrons. The number of aliphatic hydroxyl groups is 1. The highest BCUT2D eigenvalue weighted by Crippen LogP contribution is 2.36. The summed E-state index contributed by atoms with van der Waals surface area (Å²) in [6.07, 6.45) is 0. The fourth-order valence-electron chi connectivity index (χ4n) is 2.65. The molecule has 27 heavy (non-hydrogen) atoms. The summed E-state index contributed by atoms with van der Waals surface area (Å²) < 4.78 is 27.3. The second kappa shape index (κ2) is 6.52. The molecule has 0 amide bonds. The Morgan fingerprint density at radius 1 is 1.04 bits per heavy atom. The van der Waals surface area contributed by atoms with Crippen LogP contribution >= 0.6 is 11.7 Å². The van der Waals surface area contributed by atoms with Crippen molar-refractivity contribution in [1.29, 1.82) is 0 Å². The minimum atomic E-state index is -0.963. The van der Waals surface area contributed by atoms with Gasteiger partial charge in [-0.2, -0.15) is 8.75 Å². The number of rotatable bonds is 5. The van der Waals surface area contributed by atoms with Gasteiger partial charge in [-0.05, 0) is 60.9 Å². The quantitative estimate of drug-likeness (QED) is 0.781. The van der Waals surface area contributed by atoms with Crippen molar-refractivity contribution in [1.82, 2.24) is 8.75 Å². The Hall–Kier alpha value is -0.990. The van der Waals surface area contributed by atoms with Crippen LogP contribution in [0.2, 0.25) is 0 Å². The molecule has 1 aromatic heterocycles. The van der Waals surface area contributed by atoms with Crippen LogP contribution in [0.1, 0.15) is 55.4 Å². The number of aromatic nitrogens is 2. The molecule has 1 aromatic carbocycles. The first-order valence-electron chi connectivity index (χ1n) is 9.21. The van der Waals surface area contributed by atoms with Gasteiger partial charge in [0.25, 0.3) is 0 Å². The average Bonchev–Trinajstić information content (AvgIpc) is 3.06. The van der Waals surface area contributed by atoms with Gasteiger partial charge in [0, 0.05) is 5.46 Å². The van der Waals surface area contributed by atoms with E-state index in [4.69, 9.17) is 14.0 Å². The number of benzene rings is 1. The van der Waals surface area contributed by atoms with Gasteiger partial charge in [-0.15, -0.1) is 0 Å². The molecule has 0 bridgehead atoms. The van der Waals surface area contributed by atoms with Gasteiger partial charge in [0.1, 0.15) is 11.0 Å². The Bertz CT molecular complexity index is 829. The maximum Gasteiger partial charge on any atom is 0.497 e. The van der Waals surface area contributed by atoms with Gasteiger partial charge in [-0.1, -0.05) is 12.1 Å². The fourth-order valence-corrected chi connectivity index (χ4v) is 3.25. The van der Waals surface area contributed by atoms with E-state index in [-0.39, 0.29) is 0 Å². The van der Waals surface area contributed by atoms with E-state index < -0.39 is 29.5 Å². The molecule has 1 aliphatic heterocycles. The number of nitrogens with zero attached hydrogens (tertiary/aromatic N) is 2. The average molecular weight is 390 g/mol. The molecule has 1 N–H and O–H groups in total. The summed E-state index contributed by atoms with van der Waals surface area (Å²) in [5, 5.41) is 10.3. The summed E-state index contributed by atoms with van der Waals surface area (Å²) in [4.78, 5) is 0. The lowest BCUT2D eigenvalue weighted by Gasteiger charge is -2.37. The van der Waals surface area contributed by atoms with Crippen LogP contribution in [0.4, 0.5) is 0 Å². The smallest absolute Gasteiger partial charge is 0.427 e. The third-order valence-corrected chi connectivity index (χ3v) is 6.63. The van der Waals surface area contributed by atoms with Crippen LogP contribution in [0.25, 0.3) is 11.0 Å². The lowest BCUT2D eigenvalue weighted by Crippen LogP contribution is -2.49. The van der Waals surface area contributed by atoms with Crippen LogP contribution in [0, 0.1) is 0 Å². The molecule has 0 spiro atoms. The molecule has 0 atom stereocenters. The van der Waals surface area contributed by atoms with Crippen molar-refractivity contribution in [3.05, 3.63) is 12.1 Å². The topological polar surface area (TPSA) is 73.7 Å². The van der Waals surface area contributed by atoms with Crippen molar-refractivity contribution in [2.75, 3.05) is 0 Å². The second-order valence-electron chi connectivity index (χ2n) is 9.22. The Morgan fingerprint density at radius 2 is 1.59 bits per heavy atom. The second-order valence-corrected chi connectivity index (χ2v) is 9.75. The third kappa shape index (κ3) is 3.68. The molecule has 2 heterocycles. The first kappa shape index (κ1) is 20.7. The van der Waals surface area contributed by atoms with E-state index in [1.807, 2.05) is 53.7 Å². The van der Waals surface area contributed by atoms with E-state index in [0.29, 0.717) is 7.48 Å². The summed E-state index contributed by atoms with van der Waals surface area (Å²) in [5.74, 6) is 0. The largest absolute Gasteiger partial charge is 0.497 e. The lowest BCUT2D eigenvalue weighted by molar-refractivity contribution is -0.0893. The first-order valence-corrected chi connectivity index (χ1v) is 9.94. The van der Waals surface area contributed by atoms with Crippen LogP contribution in [-0.2, 0) is 14.0 Å². The van der Waals surface area contributed by atoms with Crippen LogP contribution in [0.15, 0.2) is 12.1 Å². The van der Waals surface area contributed by atoms with E-state index in [1.54, 1.807) is 13.8 Å². The highest BCUT2D eigenvalue weighted by atomic mass is 32.1. The third-order valence-electron chi connectivity index (χ3n) is 6.10. The zero-order chi connectivity index (χ0) is 20.3. The molecule has 0 radical (unpaired) electrons. The van der Waals surface area contributed by atoms with Gasteiger partial charge in [-0.3, -0.25) is 0 Å². The highest BCUT2D eigenvalue weighted by molar-refractivity contribution is 7.00. The van der Waals surface area contributed by atoms with Crippen molar-refractivity contribution in [2.45, 2.75) is 77.8 Å². The van der Waals surface area contributed by atoms with Crippen molar-refractivity contribution < 1.29 is 19.1 Å². The van der Waals surface area contributed by atoms with Crippen molar-refractivity contribution in [2.24, 2.45) is 0 Å². The molecule has 1 aliphatic rings. The lowest BCUT2D eigenvalue weighted by atomic mass is 9.74. The monoisotopic (exact) mass is 390 g/mol. The van der Waals surface area contributed by atoms with Crippen molar-refractivity contribution in [3.63, 3.8) is 0 Å². The zero-order valence-corrected chi connectivity index (χ0v) is 18.2. The SMILES string of the molecule is CC(C)(O)C(C)(C)OBc1ccc(B2OC(C)(C)C(C)(C)O2)c2nsnc12. The van der Waals surface area contributed by atoms with Crippen LogP contribution in [0.5, 0.6) is 0 Å². The van der Waals surface area contributed by atoms with E-state index in [9.17, 15) is 5.11 Å². The van der Waals surface area contributed by atoms with Crippen LogP contribution in [-0.4, -0.2) is 50.9 Å². The van der Waals surface area contributed by atoms with Gasteiger partial charge < -0.3 is 19.1 Å². The number of hydrogen-bond acceptors (Lipinski definition) is 7. The molecule has 0 unspecified atom stereocenters. The Kier molecular flexibility index (Phi) is 5.01. The maximum absolute atomic E-state index is 10.3. The molecule has 0 saturated carbocycles. The predicted octanol–water partition coefficient (Wildman–Crippen LogP) is 1.53. The van der Waals surface area contributed by atoms with E-state index in [1.165, 1.54) is 0 Å². The molecule has 0 aliphatic carbocycles.